The van der Waals surface area contributed by atoms with Crippen molar-refractivity contribution in [3.63, 3.8) is 0 Å². The quantitative estimate of drug-likeness (QED) is 0.530. The minimum absolute atomic E-state index is 0.171. The molecule has 1 aromatic rings. The van der Waals surface area contributed by atoms with Crippen molar-refractivity contribution in [1.29, 1.82) is 0 Å². The summed E-state index contributed by atoms with van der Waals surface area (Å²) in [7, 11) is 3.82. The summed E-state index contributed by atoms with van der Waals surface area (Å²) in [5.41, 5.74) is 0. The van der Waals surface area contributed by atoms with Crippen LogP contribution in [0.4, 0.5) is 0 Å². The molecule has 17 heavy (non-hydrogen) atoms. The van der Waals surface area contributed by atoms with Crippen LogP contribution in [0.3, 0.4) is 0 Å². The van der Waals surface area contributed by atoms with Gasteiger partial charge in [0.05, 0.1) is 19.7 Å². The number of unbranched alkanes of at least 4 members (excludes halogenated alkanes) is 1. The summed E-state index contributed by atoms with van der Waals surface area (Å²) in [4.78, 5) is 17.6. The summed E-state index contributed by atoms with van der Waals surface area (Å²) in [6, 6.07) is 0. The van der Waals surface area contributed by atoms with Crippen LogP contribution in [0.1, 0.15) is 25.6 Å². The number of hydrogen-bond donors (Lipinski definition) is 0. The predicted octanol–water partition coefficient (Wildman–Crippen LogP) is 1.20. The normalized spacial score (nSPS) is 10.8. The molecule has 0 atom stereocenters. The highest BCUT2D eigenvalue weighted by Gasteiger charge is 2.10. The average Bonchev–Trinajstić information content (AvgIpc) is 2.64. The number of aromatic nitrogens is 2. The van der Waals surface area contributed by atoms with Crippen LogP contribution in [0.2, 0.25) is 0 Å². The lowest BCUT2D eigenvalue weighted by Crippen LogP contribution is -2.28. The molecule has 5 nitrogen and oxygen atoms in total. The van der Waals surface area contributed by atoms with E-state index in [1.54, 1.807) is 6.20 Å². The first-order valence-corrected chi connectivity index (χ1v) is 5.93. The van der Waals surface area contributed by atoms with Crippen molar-refractivity contribution >= 4 is 5.97 Å². The topological polar surface area (TPSA) is 47.4 Å². The molecule has 0 fully saturated rings. The zero-order valence-corrected chi connectivity index (χ0v) is 10.8. The van der Waals surface area contributed by atoms with E-state index in [0.29, 0.717) is 19.7 Å². The second-order valence-corrected chi connectivity index (χ2v) is 4.20. The molecule has 0 aliphatic rings. The second kappa shape index (κ2) is 7.06. The highest BCUT2D eigenvalue weighted by molar-refractivity contribution is 5.71. The van der Waals surface area contributed by atoms with Crippen LogP contribution >= 0.6 is 0 Å². The fourth-order valence-corrected chi connectivity index (χ4v) is 1.44. The van der Waals surface area contributed by atoms with E-state index in [1.165, 1.54) is 0 Å². The van der Waals surface area contributed by atoms with Crippen molar-refractivity contribution in [2.75, 3.05) is 20.2 Å². The predicted molar refractivity (Wildman–Crippen MR) is 65.4 cm³/mol. The number of aryl methyl sites for hydroxylation is 1. The maximum absolute atomic E-state index is 11.5. The summed E-state index contributed by atoms with van der Waals surface area (Å²) in [6.07, 6.45) is 5.61. The fourth-order valence-electron chi connectivity index (χ4n) is 1.44. The highest BCUT2D eigenvalue weighted by Crippen LogP contribution is 1.99. The molecular weight excluding hydrogens is 218 g/mol. The van der Waals surface area contributed by atoms with Gasteiger partial charge in [0.15, 0.2) is 0 Å². The van der Waals surface area contributed by atoms with E-state index < -0.39 is 0 Å². The maximum atomic E-state index is 11.5. The van der Waals surface area contributed by atoms with Crippen LogP contribution in [-0.4, -0.2) is 40.6 Å². The zero-order valence-electron chi connectivity index (χ0n) is 10.8. The monoisotopic (exact) mass is 239 g/mol. The molecule has 0 amide bonds. The second-order valence-electron chi connectivity index (χ2n) is 4.20. The molecule has 0 aliphatic heterocycles. The van der Waals surface area contributed by atoms with Gasteiger partial charge >= 0.3 is 5.97 Å². The van der Waals surface area contributed by atoms with E-state index in [4.69, 9.17) is 4.74 Å². The summed E-state index contributed by atoms with van der Waals surface area (Å²) in [5.74, 6) is 0.768. The van der Waals surface area contributed by atoms with Gasteiger partial charge in [-0.3, -0.25) is 9.69 Å². The number of nitrogens with zero attached hydrogens (tertiary/aromatic N) is 3. The standard InChI is InChI=1S/C12H21N3O2/c1-4-5-8-17-12(16)10-14(2)9-11-13-6-7-15(11)3/h6-7H,4-5,8-10H2,1-3H3. The molecule has 1 heterocycles. The van der Waals surface area contributed by atoms with E-state index in [0.717, 1.165) is 18.7 Å². The molecule has 0 saturated carbocycles. The molecule has 0 bridgehead atoms. The molecule has 5 heteroatoms. The Morgan fingerprint density at radius 3 is 2.94 bits per heavy atom. The van der Waals surface area contributed by atoms with E-state index in [1.807, 2.05) is 29.8 Å². The van der Waals surface area contributed by atoms with Crippen LogP contribution in [0.15, 0.2) is 12.4 Å². The fraction of sp³-hybridized carbons (Fsp3) is 0.667. The van der Waals surface area contributed by atoms with Gasteiger partial charge in [-0.25, -0.2) is 4.98 Å². The van der Waals surface area contributed by atoms with Crippen molar-refractivity contribution in [3.05, 3.63) is 18.2 Å². The van der Waals surface area contributed by atoms with Crippen molar-refractivity contribution in [1.82, 2.24) is 14.5 Å². The zero-order chi connectivity index (χ0) is 12.7. The van der Waals surface area contributed by atoms with Crippen molar-refractivity contribution in [2.45, 2.75) is 26.3 Å². The number of likely N-dealkylation sites (N-methyl/N-ethyl adjacent to an activating group) is 1. The number of carbonyl (C=O) groups excluding carboxylic acids is 1. The van der Waals surface area contributed by atoms with Crippen LogP contribution in [0.25, 0.3) is 0 Å². The van der Waals surface area contributed by atoms with Gasteiger partial charge in [-0.2, -0.15) is 0 Å². The van der Waals surface area contributed by atoms with E-state index in [-0.39, 0.29) is 5.97 Å². The van der Waals surface area contributed by atoms with Crippen LogP contribution in [0.5, 0.6) is 0 Å². The third-order valence-corrected chi connectivity index (χ3v) is 2.49. The van der Waals surface area contributed by atoms with Crippen molar-refractivity contribution in [3.8, 4) is 0 Å². The summed E-state index contributed by atoms with van der Waals surface area (Å²) >= 11 is 0. The minimum atomic E-state index is -0.171. The minimum Gasteiger partial charge on any atom is -0.465 e. The van der Waals surface area contributed by atoms with Crippen LogP contribution in [0, 0.1) is 0 Å². The maximum Gasteiger partial charge on any atom is 0.320 e. The third kappa shape index (κ3) is 4.99. The average molecular weight is 239 g/mol. The molecule has 0 saturated heterocycles. The molecule has 0 radical (unpaired) electrons. The lowest BCUT2D eigenvalue weighted by atomic mass is 10.4. The Morgan fingerprint density at radius 1 is 1.59 bits per heavy atom. The molecule has 0 N–H and O–H groups in total. The molecule has 0 unspecified atom stereocenters. The Morgan fingerprint density at radius 2 is 2.35 bits per heavy atom. The highest BCUT2D eigenvalue weighted by atomic mass is 16.5. The largest absolute Gasteiger partial charge is 0.465 e. The lowest BCUT2D eigenvalue weighted by Gasteiger charge is -2.15. The number of esters is 1. The summed E-state index contributed by atoms with van der Waals surface area (Å²) < 4.78 is 7.04. The van der Waals surface area contributed by atoms with E-state index in [2.05, 4.69) is 11.9 Å². The van der Waals surface area contributed by atoms with Gasteiger partial charge in [-0.05, 0) is 13.5 Å². The van der Waals surface area contributed by atoms with Crippen LogP contribution < -0.4 is 0 Å². The SMILES string of the molecule is CCCCOC(=O)CN(C)Cc1nccn1C. The number of ether oxygens (including phenoxy) is 1. The smallest absolute Gasteiger partial charge is 0.320 e. The Bertz CT molecular complexity index is 349. The van der Waals surface area contributed by atoms with Gasteiger partial charge in [0.2, 0.25) is 0 Å². The summed E-state index contributed by atoms with van der Waals surface area (Å²) in [6.45, 7) is 3.54. The van der Waals surface area contributed by atoms with Gasteiger partial charge in [-0.1, -0.05) is 13.3 Å². The first kappa shape index (κ1) is 13.7. The Hall–Kier alpha value is -1.36. The molecule has 1 rings (SSSR count). The van der Waals surface area contributed by atoms with Gasteiger partial charge < -0.3 is 9.30 Å². The van der Waals surface area contributed by atoms with Gasteiger partial charge in [0, 0.05) is 19.4 Å². The van der Waals surface area contributed by atoms with E-state index >= 15 is 0 Å². The number of imidazole rings is 1. The third-order valence-electron chi connectivity index (χ3n) is 2.49. The Kier molecular flexibility index (Phi) is 5.69. The van der Waals surface area contributed by atoms with Crippen LogP contribution in [-0.2, 0) is 23.1 Å². The van der Waals surface area contributed by atoms with Crippen molar-refractivity contribution < 1.29 is 9.53 Å². The van der Waals surface area contributed by atoms with Gasteiger partial charge in [0.1, 0.15) is 5.82 Å². The number of rotatable bonds is 7. The molecular formula is C12H21N3O2. The van der Waals surface area contributed by atoms with E-state index in [9.17, 15) is 4.79 Å². The Balaban J connectivity index is 2.27. The Labute approximate surface area is 102 Å². The van der Waals surface area contributed by atoms with Crippen molar-refractivity contribution in [2.24, 2.45) is 7.05 Å². The number of hydrogen-bond acceptors (Lipinski definition) is 4. The molecule has 0 aliphatic carbocycles. The lowest BCUT2D eigenvalue weighted by molar-refractivity contribution is -0.144. The number of carbonyl (C=O) groups is 1. The van der Waals surface area contributed by atoms with Gasteiger partial charge in [0.25, 0.3) is 0 Å². The molecule has 1 aromatic heterocycles. The first-order chi connectivity index (χ1) is 8.13. The first-order valence-electron chi connectivity index (χ1n) is 5.93. The molecule has 0 spiro atoms. The molecule has 0 aromatic carbocycles. The molecule has 96 valence electrons. The van der Waals surface area contributed by atoms with Gasteiger partial charge in [-0.15, -0.1) is 0 Å². The summed E-state index contributed by atoms with van der Waals surface area (Å²) in [5, 5.41) is 0.